The molecule has 0 aliphatic carbocycles. The van der Waals surface area contributed by atoms with E-state index in [-0.39, 0.29) is 12.3 Å². The van der Waals surface area contributed by atoms with Gasteiger partial charge in [0, 0.05) is 0 Å². The summed E-state index contributed by atoms with van der Waals surface area (Å²) in [4.78, 5) is 0. The third kappa shape index (κ3) is 8.45. The average molecular weight is 210 g/mol. The lowest BCUT2D eigenvalue weighted by molar-refractivity contribution is 0.223. The van der Waals surface area contributed by atoms with Gasteiger partial charge in [0.25, 0.3) is 0 Å². The second kappa shape index (κ2) is 5.77. The van der Waals surface area contributed by atoms with E-state index >= 15 is 0 Å². The molecule has 0 aromatic rings. The molecular weight excluding hydrogens is 190 g/mol. The van der Waals surface area contributed by atoms with Gasteiger partial charge in [-0.2, -0.15) is 4.20 Å². The van der Waals surface area contributed by atoms with Gasteiger partial charge in [-0.05, 0) is 26.2 Å². The van der Waals surface area contributed by atoms with Crippen molar-refractivity contribution < 1.29 is 13.3 Å². The maximum absolute atomic E-state index is 13.1. The molecule has 0 rings (SSSR count). The van der Waals surface area contributed by atoms with Crippen LogP contribution in [0.3, 0.4) is 0 Å². The predicted octanol–water partition coefficient (Wildman–Crippen LogP) is 4.01. The molecule has 0 radical (unpaired) electrons. The SMILES string of the molecule is CC(C)CCCP(=O)(F)OC(C)C. The van der Waals surface area contributed by atoms with Crippen LogP contribution in [0.2, 0.25) is 0 Å². The van der Waals surface area contributed by atoms with Gasteiger partial charge >= 0.3 is 7.68 Å². The molecule has 0 N–H and O–H groups in total. The molecule has 0 aliphatic heterocycles. The van der Waals surface area contributed by atoms with Crippen LogP contribution in [0, 0.1) is 5.92 Å². The van der Waals surface area contributed by atoms with Crippen molar-refractivity contribution in [1.29, 1.82) is 0 Å². The molecule has 0 saturated carbocycles. The van der Waals surface area contributed by atoms with Crippen molar-refractivity contribution >= 4 is 7.68 Å². The van der Waals surface area contributed by atoms with Gasteiger partial charge in [-0.25, -0.2) is 0 Å². The van der Waals surface area contributed by atoms with E-state index in [1.807, 2.05) is 0 Å². The molecule has 0 aromatic carbocycles. The van der Waals surface area contributed by atoms with Crippen LogP contribution in [0.25, 0.3) is 0 Å². The monoisotopic (exact) mass is 210 g/mol. The van der Waals surface area contributed by atoms with E-state index in [1.54, 1.807) is 13.8 Å². The summed E-state index contributed by atoms with van der Waals surface area (Å²) in [5.74, 6) is 0.527. The Bertz CT molecular complexity index is 180. The van der Waals surface area contributed by atoms with Gasteiger partial charge in [-0.15, -0.1) is 0 Å². The number of halogens is 1. The summed E-state index contributed by atoms with van der Waals surface area (Å²) in [6.07, 6.45) is 1.30. The molecule has 0 saturated heterocycles. The molecule has 1 atom stereocenters. The topological polar surface area (TPSA) is 26.3 Å². The minimum Gasteiger partial charge on any atom is -0.303 e. The first-order valence-corrected chi connectivity index (χ1v) is 6.50. The first-order valence-electron chi connectivity index (χ1n) is 4.80. The average Bonchev–Trinajstić information content (AvgIpc) is 1.81. The van der Waals surface area contributed by atoms with E-state index in [4.69, 9.17) is 4.52 Å². The maximum atomic E-state index is 13.1. The molecular formula is C9H20FO2P. The Morgan fingerprint density at radius 3 is 2.23 bits per heavy atom. The summed E-state index contributed by atoms with van der Waals surface area (Å²) in [6, 6.07) is 0. The molecule has 0 amide bonds. The van der Waals surface area contributed by atoms with Gasteiger partial charge < -0.3 is 4.52 Å². The van der Waals surface area contributed by atoms with E-state index in [2.05, 4.69) is 13.8 Å². The minimum absolute atomic E-state index is 0.0589. The summed E-state index contributed by atoms with van der Waals surface area (Å²) >= 11 is 0. The van der Waals surface area contributed by atoms with E-state index in [1.165, 1.54) is 0 Å². The highest BCUT2D eigenvalue weighted by Crippen LogP contribution is 2.50. The first kappa shape index (κ1) is 13.1. The predicted molar refractivity (Wildman–Crippen MR) is 53.9 cm³/mol. The minimum atomic E-state index is -3.80. The van der Waals surface area contributed by atoms with Crippen molar-refractivity contribution in [3.63, 3.8) is 0 Å². The lowest BCUT2D eigenvalue weighted by atomic mass is 10.1. The van der Waals surface area contributed by atoms with Crippen molar-refractivity contribution in [2.75, 3.05) is 6.16 Å². The fraction of sp³-hybridized carbons (Fsp3) is 1.00. The van der Waals surface area contributed by atoms with E-state index in [0.29, 0.717) is 12.3 Å². The van der Waals surface area contributed by atoms with Crippen LogP contribution < -0.4 is 0 Å². The van der Waals surface area contributed by atoms with Crippen molar-refractivity contribution in [1.82, 2.24) is 0 Å². The summed E-state index contributed by atoms with van der Waals surface area (Å²) < 4.78 is 29.0. The van der Waals surface area contributed by atoms with Crippen molar-refractivity contribution in [2.45, 2.75) is 46.6 Å². The highest BCUT2D eigenvalue weighted by atomic mass is 31.2. The summed E-state index contributed by atoms with van der Waals surface area (Å²) in [5.41, 5.74) is 0. The Morgan fingerprint density at radius 2 is 1.85 bits per heavy atom. The van der Waals surface area contributed by atoms with Crippen LogP contribution in [-0.2, 0) is 9.09 Å². The summed E-state index contributed by atoms with van der Waals surface area (Å²) in [5, 5.41) is 0. The molecule has 0 aromatic heterocycles. The molecule has 1 unspecified atom stereocenters. The molecule has 0 heterocycles. The normalized spacial score (nSPS) is 16.5. The Balaban J connectivity index is 3.70. The fourth-order valence-electron chi connectivity index (χ4n) is 1.06. The van der Waals surface area contributed by atoms with Gasteiger partial charge in [0.05, 0.1) is 12.3 Å². The van der Waals surface area contributed by atoms with Gasteiger partial charge in [0.15, 0.2) is 0 Å². The van der Waals surface area contributed by atoms with Crippen LogP contribution >= 0.6 is 7.68 Å². The van der Waals surface area contributed by atoms with E-state index in [0.717, 1.165) is 6.42 Å². The number of hydrogen-bond donors (Lipinski definition) is 0. The molecule has 0 aliphatic rings. The van der Waals surface area contributed by atoms with Crippen LogP contribution in [0.1, 0.15) is 40.5 Å². The molecule has 0 spiro atoms. The molecule has 0 fully saturated rings. The van der Waals surface area contributed by atoms with Crippen LogP contribution in [0.4, 0.5) is 4.20 Å². The standard InChI is InChI=1S/C9H20FO2P/c1-8(2)6-5-7-13(10,11)12-9(3)4/h8-9H,5-7H2,1-4H3. The molecule has 4 heteroatoms. The third-order valence-corrected chi connectivity index (χ3v) is 3.16. The molecule has 80 valence electrons. The largest absolute Gasteiger partial charge is 0.367 e. The van der Waals surface area contributed by atoms with Crippen LogP contribution in [0.5, 0.6) is 0 Å². The highest BCUT2D eigenvalue weighted by Gasteiger charge is 2.22. The molecule has 0 bridgehead atoms. The zero-order valence-corrected chi connectivity index (χ0v) is 9.81. The number of rotatable bonds is 6. The lowest BCUT2D eigenvalue weighted by Gasteiger charge is -2.12. The van der Waals surface area contributed by atoms with Gasteiger partial charge in [0.2, 0.25) is 0 Å². The Morgan fingerprint density at radius 1 is 1.31 bits per heavy atom. The zero-order valence-electron chi connectivity index (χ0n) is 8.92. The third-order valence-electron chi connectivity index (χ3n) is 1.57. The van der Waals surface area contributed by atoms with Gasteiger partial charge in [-0.1, -0.05) is 20.3 Å². The summed E-state index contributed by atoms with van der Waals surface area (Å²) in [6.45, 7) is 7.50. The van der Waals surface area contributed by atoms with Crippen LogP contribution in [-0.4, -0.2) is 12.3 Å². The molecule has 2 nitrogen and oxygen atoms in total. The quantitative estimate of drug-likeness (QED) is 0.619. The van der Waals surface area contributed by atoms with Crippen molar-refractivity contribution in [3.05, 3.63) is 0 Å². The Hall–Kier alpha value is 0.120. The fourth-order valence-corrected chi connectivity index (χ4v) is 2.35. The van der Waals surface area contributed by atoms with E-state index < -0.39 is 7.68 Å². The maximum Gasteiger partial charge on any atom is 0.367 e. The van der Waals surface area contributed by atoms with Crippen LogP contribution in [0.15, 0.2) is 0 Å². The smallest absolute Gasteiger partial charge is 0.303 e. The number of hydrogen-bond acceptors (Lipinski definition) is 2. The summed E-state index contributed by atoms with van der Waals surface area (Å²) in [7, 11) is -3.80. The van der Waals surface area contributed by atoms with Crippen molar-refractivity contribution in [2.24, 2.45) is 5.92 Å². The van der Waals surface area contributed by atoms with E-state index in [9.17, 15) is 8.76 Å². The van der Waals surface area contributed by atoms with Gasteiger partial charge in [-0.3, -0.25) is 4.57 Å². The second-order valence-electron chi connectivity index (χ2n) is 4.00. The van der Waals surface area contributed by atoms with Gasteiger partial charge in [0.1, 0.15) is 0 Å². The highest BCUT2D eigenvalue weighted by molar-refractivity contribution is 7.53. The zero-order chi connectivity index (χ0) is 10.5. The lowest BCUT2D eigenvalue weighted by Crippen LogP contribution is -2.01. The Kier molecular flexibility index (Phi) is 5.82. The Labute approximate surface area is 80.4 Å². The second-order valence-corrected chi connectivity index (χ2v) is 5.84. The first-order chi connectivity index (χ1) is 5.83. The molecule has 13 heavy (non-hydrogen) atoms. The van der Waals surface area contributed by atoms with Crippen molar-refractivity contribution in [3.8, 4) is 0 Å².